The molecule has 0 nitrogen and oxygen atoms in total. The van der Waals surface area contributed by atoms with Crippen LogP contribution in [0.15, 0.2) is 0 Å². The smallest absolute Gasteiger partial charge is 0.0304 e. The Morgan fingerprint density at radius 1 is 0.500 bits per heavy atom. The van der Waals surface area contributed by atoms with Crippen molar-refractivity contribution < 1.29 is 0 Å². The second kappa shape index (κ2) is 3.83. The Morgan fingerprint density at radius 3 is 0.643 bits per heavy atom. The van der Waals surface area contributed by atoms with Crippen molar-refractivity contribution in [1.29, 1.82) is 0 Å². The van der Waals surface area contributed by atoms with E-state index in [0.717, 1.165) is 0 Å². The highest BCUT2D eigenvalue weighted by atomic mass is 30.2. The Balaban J connectivity index is 5.54. The molecule has 0 rings (SSSR count). The zero-order chi connectivity index (χ0) is 12.0. The van der Waals surface area contributed by atoms with E-state index < -0.39 is 28.9 Å². The molecule has 0 fully saturated rings. The van der Waals surface area contributed by atoms with E-state index in [1.807, 2.05) is 0 Å². The molecule has 14 heavy (non-hydrogen) atoms. The second-order valence-electron chi connectivity index (χ2n) is 7.88. The molecule has 0 aromatic heterocycles. The zero-order valence-corrected chi connectivity index (χ0v) is 18.0. The van der Waals surface area contributed by atoms with E-state index in [4.69, 9.17) is 0 Å². The highest BCUT2D eigenvalue weighted by Crippen LogP contribution is 2.33. The fraction of sp³-hybridized carbons (Fsp3) is 1.00. The molecule has 0 aliphatic carbocycles. The summed E-state index contributed by atoms with van der Waals surface area (Å²) >= 11 is 0. The second-order valence-corrected chi connectivity index (χ2v) is 64.1. The standard InChI is InChI=1S/C9H30Si5/c1-11(2,3)14(10,12(4,5)6)13(7,8)9/h1-10H3. The summed E-state index contributed by atoms with van der Waals surface area (Å²) in [6.45, 7) is 24.0. The zero-order valence-electron chi connectivity index (χ0n) is 12.0. The average molecular weight is 279 g/mol. The molecule has 0 amide bonds. The Kier molecular flexibility index (Phi) is 4.13. The molecule has 0 aliphatic heterocycles. The van der Waals surface area contributed by atoms with E-state index in [-0.39, 0.29) is 0 Å². The maximum absolute atomic E-state index is 2.67. The van der Waals surface area contributed by atoms with E-state index in [1.165, 1.54) is 0 Å². The molecule has 5 heteroatoms. The molecule has 0 N–H and O–H groups in total. The highest BCUT2D eigenvalue weighted by Gasteiger charge is 2.57. The first-order valence-electron chi connectivity index (χ1n) is 5.75. The molecule has 0 unspecified atom stereocenters. The molecular formula is C9H30Si5. The lowest BCUT2D eigenvalue weighted by molar-refractivity contribution is 1.76. The topological polar surface area (TPSA) is 0 Å². The van der Waals surface area contributed by atoms with Crippen molar-refractivity contribution in [1.82, 2.24) is 0 Å². The Hall–Kier alpha value is 1.08. The van der Waals surface area contributed by atoms with Gasteiger partial charge in [0.25, 0.3) is 0 Å². The van der Waals surface area contributed by atoms with Crippen LogP contribution in [0.1, 0.15) is 0 Å². The van der Waals surface area contributed by atoms with Gasteiger partial charge in [-0.25, -0.2) is 0 Å². The lowest BCUT2D eigenvalue weighted by atomic mass is 11.8. The van der Waals surface area contributed by atoms with Crippen molar-refractivity contribution in [2.24, 2.45) is 0 Å². The summed E-state index contributed by atoms with van der Waals surface area (Å²) in [5, 5.41) is 0. The Morgan fingerprint density at radius 2 is 0.643 bits per heavy atom. The largest absolute Gasteiger partial charge is 0.0721 e. The average Bonchev–Trinajstić information content (AvgIpc) is 1.77. The third-order valence-corrected chi connectivity index (χ3v) is 122. The van der Waals surface area contributed by atoms with E-state index in [9.17, 15) is 0 Å². The van der Waals surface area contributed by atoms with Crippen LogP contribution >= 0.6 is 0 Å². The predicted molar refractivity (Wildman–Crippen MR) is 85.7 cm³/mol. The summed E-state index contributed by atoms with van der Waals surface area (Å²) in [7, 11) is -1.00. The summed E-state index contributed by atoms with van der Waals surface area (Å²) in [6.07, 6.45) is -0.799. The van der Waals surface area contributed by atoms with Crippen molar-refractivity contribution in [3.05, 3.63) is 0 Å². The minimum absolute atomic E-state index is 0.799. The van der Waals surface area contributed by atoms with Crippen LogP contribution in [0, 0.1) is 0 Å². The Labute approximate surface area is 97.5 Å². The van der Waals surface area contributed by atoms with E-state index in [2.05, 4.69) is 58.9 Å². The SMILES string of the molecule is C[Si](C)(C)[Si]([SiH3])([Si](C)(C)C)[Si](C)(C)C. The summed E-state index contributed by atoms with van der Waals surface area (Å²) in [5.74, 6) is 0. The monoisotopic (exact) mass is 278 g/mol. The first-order chi connectivity index (χ1) is 5.75. The Bertz CT molecular complexity index is 167. The molecule has 0 saturated heterocycles. The van der Waals surface area contributed by atoms with Crippen molar-refractivity contribution in [2.75, 3.05) is 0 Å². The molecule has 0 radical (unpaired) electrons. The number of hydrogen-bond acceptors (Lipinski definition) is 0. The lowest BCUT2D eigenvalue weighted by Crippen LogP contribution is -2.83. The number of rotatable bonds is 3. The summed E-state index contributed by atoms with van der Waals surface area (Å²) in [6, 6.07) is 0. The van der Waals surface area contributed by atoms with Gasteiger partial charge in [-0.1, -0.05) is 58.9 Å². The molecule has 0 spiro atoms. The first kappa shape index (κ1) is 15.1. The van der Waals surface area contributed by atoms with Crippen LogP contribution in [-0.4, -0.2) is 38.7 Å². The van der Waals surface area contributed by atoms with Gasteiger partial charge >= 0.3 is 0 Å². The fourth-order valence-electron chi connectivity index (χ4n) is 3.38. The molecule has 0 saturated carbocycles. The van der Waals surface area contributed by atoms with Gasteiger partial charge in [-0.05, 0) is 9.76 Å². The molecule has 86 valence electrons. The van der Waals surface area contributed by atoms with Crippen LogP contribution < -0.4 is 0 Å². The maximum atomic E-state index is 2.67. The van der Waals surface area contributed by atoms with Gasteiger partial charge < -0.3 is 0 Å². The fourth-order valence-corrected chi connectivity index (χ4v) is 91.1. The summed E-state index contributed by atoms with van der Waals surface area (Å²) in [5.41, 5.74) is 0. The van der Waals surface area contributed by atoms with Crippen LogP contribution in [-0.2, 0) is 0 Å². The van der Waals surface area contributed by atoms with Crippen LogP contribution in [0.2, 0.25) is 58.9 Å². The molecule has 0 aromatic rings. The van der Waals surface area contributed by atoms with Gasteiger partial charge in [-0.2, -0.15) is 0 Å². The van der Waals surface area contributed by atoms with Crippen molar-refractivity contribution >= 4 is 38.7 Å². The molecule has 0 aliphatic rings. The normalized spacial score (nSPS) is 16.1. The van der Waals surface area contributed by atoms with Gasteiger partial charge in [0.1, 0.15) is 0 Å². The van der Waals surface area contributed by atoms with Crippen LogP contribution in [0.4, 0.5) is 0 Å². The van der Waals surface area contributed by atoms with Crippen molar-refractivity contribution in [3.8, 4) is 0 Å². The minimum Gasteiger partial charge on any atom is -0.0721 e. The molecule has 0 heterocycles. The predicted octanol–water partition coefficient (Wildman–Crippen LogP) is 2.55. The quantitative estimate of drug-likeness (QED) is 0.696. The number of hydrogen-bond donors (Lipinski definition) is 0. The molecule has 0 aromatic carbocycles. The van der Waals surface area contributed by atoms with Gasteiger partial charge in [-0.15, -0.1) is 0 Å². The van der Waals surface area contributed by atoms with E-state index in [1.54, 1.807) is 9.76 Å². The van der Waals surface area contributed by atoms with Crippen molar-refractivity contribution in [2.45, 2.75) is 58.9 Å². The third-order valence-electron chi connectivity index (χ3n) is 4.50. The minimum atomic E-state index is -0.858. The van der Waals surface area contributed by atoms with Gasteiger partial charge in [0.2, 0.25) is 0 Å². The van der Waals surface area contributed by atoms with Crippen molar-refractivity contribution in [3.63, 3.8) is 0 Å². The van der Waals surface area contributed by atoms with Gasteiger partial charge in [0.15, 0.2) is 0 Å². The summed E-state index contributed by atoms with van der Waals surface area (Å²) in [4.78, 5) is 0. The van der Waals surface area contributed by atoms with E-state index >= 15 is 0 Å². The third kappa shape index (κ3) is 2.42. The van der Waals surface area contributed by atoms with E-state index in [0.29, 0.717) is 0 Å². The molecule has 0 bridgehead atoms. The highest BCUT2D eigenvalue weighted by molar-refractivity contribution is 8.00. The van der Waals surface area contributed by atoms with Gasteiger partial charge in [0, 0.05) is 28.9 Å². The first-order valence-corrected chi connectivity index (χ1v) is 24.8. The van der Waals surface area contributed by atoms with Gasteiger partial charge in [0.05, 0.1) is 0 Å². The van der Waals surface area contributed by atoms with Gasteiger partial charge in [-0.3, -0.25) is 0 Å². The van der Waals surface area contributed by atoms with Crippen LogP contribution in [0.5, 0.6) is 0 Å². The van der Waals surface area contributed by atoms with Crippen LogP contribution in [0.25, 0.3) is 0 Å². The molecule has 0 atom stereocenters. The lowest BCUT2D eigenvalue weighted by Gasteiger charge is -2.55. The summed E-state index contributed by atoms with van der Waals surface area (Å²) < 4.78 is 0. The van der Waals surface area contributed by atoms with Crippen LogP contribution in [0.3, 0.4) is 0 Å². The maximum Gasteiger partial charge on any atom is 0.0304 e. The molecular weight excluding hydrogens is 249 g/mol.